The highest BCUT2D eigenvalue weighted by molar-refractivity contribution is 5.56. The zero-order valence-corrected chi connectivity index (χ0v) is 12.3. The van der Waals surface area contributed by atoms with Crippen LogP contribution in [-0.2, 0) is 0 Å². The molecule has 1 aromatic carbocycles. The lowest BCUT2D eigenvalue weighted by Crippen LogP contribution is -2.02. The first-order valence-corrected chi connectivity index (χ1v) is 6.54. The minimum absolute atomic E-state index is 0.602. The van der Waals surface area contributed by atoms with Gasteiger partial charge in [0.2, 0.25) is 5.95 Å². The number of aryl methyl sites for hydroxylation is 2. The molecule has 0 fully saturated rings. The fourth-order valence-corrected chi connectivity index (χ4v) is 1.61. The van der Waals surface area contributed by atoms with Crippen molar-refractivity contribution in [2.45, 2.75) is 27.7 Å². The number of nitrogens with zero attached hydrogens (tertiary/aromatic N) is 2. The molecule has 1 heterocycles. The Morgan fingerprint density at radius 1 is 1.11 bits per heavy atom. The molecule has 19 heavy (non-hydrogen) atoms. The number of nitrogens with one attached hydrogen (secondary N) is 2. The van der Waals surface area contributed by atoms with E-state index in [9.17, 15) is 0 Å². The van der Waals surface area contributed by atoms with Crippen molar-refractivity contribution in [2.75, 3.05) is 17.7 Å². The molecule has 2 N–H and O–H groups in total. The summed E-state index contributed by atoms with van der Waals surface area (Å²) in [6, 6.07) is 8.11. The van der Waals surface area contributed by atoms with Crippen LogP contribution in [0.4, 0.5) is 17.5 Å². The van der Waals surface area contributed by atoms with Gasteiger partial charge in [0.25, 0.3) is 0 Å². The molecule has 2 aromatic rings. The maximum Gasteiger partial charge on any atom is 0.229 e. The van der Waals surface area contributed by atoms with E-state index in [-0.39, 0.29) is 0 Å². The van der Waals surface area contributed by atoms with Gasteiger partial charge in [-0.1, -0.05) is 26.0 Å². The summed E-state index contributed by atoms with van der Waals surface area (Å²) in [7, 11) is 1.85. The van der Waals surface area contributed by atoms with Gasteiger partial charge in [-0.3, -0.25) is 0 Å². The number of anilines is 3. The summed E-state index contributed by atoms with van der Waals surface area (Å²) in [4.78, 5) is 8.63. The van der Waals surface area contributed by atoms with E-state index in [1.807, 2.05) is 40.0 Å². The fourth-order valence-electron chi connectivity index (χ4n) is 1.61. The molecule has 102 valence electrons. The van der Waals surface area contributed by atoms with E-state index in [4.69, 9.17) is 0 Å². The molecule has 0 saturated carbocycles. The van der Waals surface area contributed by atoms with E-state index in [0.29, 0.717) is 5.95 Å². The maximum atomic E-state index is 4.38. The topological polar surface area (TPSA) is 49.8 Å². The number of benzene rings is 1. The molecule has 0 spiro atoms. The molecule has 0 aliphatic carbocycles. The first-order chi connectivity index (χ1) is 9.19. The van der Waals surface area contributed by atoms with Crippen LogP contribution in [0.1, 0.15) is 25.0 Å². The SMILES string of the molecule is CC.CNc1nc(Nc2cccc(C)c2)ncc1C. The molecule has 0 atom stereocenters. The molecule has 0 saturated heterocycles. The lowest BCUT2D eigenvalue weighted by atomic mass is 10.2. The van der Waals surface area contributed by atoms with Gasteiger partial charge in [-0.25, -0.2) is 4.98 Å². The Morgan fingerprint density at radius 3 is 2.47 bits per heavy atom. The largest absolute Gasteiger partial charge is 0.373 e. The molecule has 0 aliphatic rings. The van der Waals surface area contributed by atoms with Crippen LogP contribution >= 0.6 is 0 Å². The Hall–Kier alpha value is -2.10. The average molecular weight is 258 g/mol. The second-order valence-corrected chi connectivity index (χ2v) is 3.97. The van der Waals surface area contributed by atoms with Gasteiger partial charge in [0, 0.05) is 24.5 Å². The molecule has 1 aromatic heterocycles. The first-order valence-electron chi connectivity index (χ1n) is 6.54. The number of hydrogen-bond donors (Lipinski definition) is 2. The van der Waals surface area contributed by atoms with Crippen molar-refractivity contribution < 1.29 is 0 Å². The predicted molar refractivity (Wildman–Crippen MR) is 82.1 cm³/mol. The number of rotatable bonds is 3. The minimum atomic E-state index is 0.602. The van der Waals surface area contributed by atoms with Crippen molar-refractivity contribution in [3.8, 4) is 0 Å². The van der Waals surface area contributed by atoms with E-state index < -0.39 is 0 Å². The van der Waals surface area contributed by atoms with Crippen LogP contribution in [0.5, 0.6) is 0 Å². The zero-order valence-electron chi connectivity index (χ0n) is 12.3. The summed E-state index contributed by atoms with van der Waals surface area (Å²) in [5.41, 5.74) is 3.23. The van der Waals surface area contributed by atoms with Crippen LogP contribution < -0.4 is 10.6 Å². The third-order valence-corrected chi connectivity index (χ3v) is 2.48. The fraction of sp³-hybridized carbons (Fsp3) is 0.333. The maximum absolute atomic E-state index is 4.38. The van der Waals surface area contributed by atoms with Crippen molar-refractivity contribution in [3.63, 3.8) is 0 Å². The second kappa shape index (κ2) is 7.36. The van der Waals surface area contributed by atoms with Gasteiger partial charge in [0.05, 0.1) is 0 Å². The number of aromatic nitrogens is 2. The molecule has 0 unspecified atom stereocenters. The number of hydrogen-bond acceptors (Lipinski definition) is 4. The van der Waals surface area contributed by atoms with Crippen LogP contribution in [0.25, 0.3) is 0 Å². The van der Waals surface area contributed by atoms with Crippen LogP contribution in [0, 0.1) is 13.8 Å². The molecule has 0 amide bonds. The molecular weight excluding hydrogens is 236 g/mol. The molecule has 0 radical (unpaired) electrons. The first kappa shape index (κ1) is 15.0. The van der Waals surface area contributed by atoms with Gasteiger partial charge in [0.1, 0.15) is 5.82 Å². The third kappa shape index (κ3) is 4.25. The minimum Gasteiger partial charge on any atom is -0.373 e. The lowest BCUT2D eigenvalue weighted by molar-refractivity contribution is 1.12. The Balaban J connectivity index is 0.000000861. The molecule has 4 heteroatoms. The van der Waals surface area contributed by atoms with E-state index in [1.54, 1.807) is 6.20 Å². The quantitative estimate of drug-likeness (QED) is 0.876. The Kier molecular flexibility index (Phi) is 5.79. The predicted octanol–water partition coefficient (Wildman–Crippen LogP) is 3.90. The van der Waals surface area contributed by atoms with Crippen molar-refractivity contribution >= 4 is 17.5 Å². The second-order valence-electron chi connectivity index (χ2n) is 3.97. The zero-order chi connectivity index (χ0) is 14.3. The van der Waals surface area contributed by atoms with Gasteiger partial charge in [-0.2, -0.15) is 4.98 Å². The normalized spacial score (nSPS) is 9.32. The monoisotopic (exact) mass is 258 g/mol. The van der Waals surface area contributed by atoms with E-state index in [1.165, 1.54) is 5.56 Å². The Morgan fingerprint density at radius 2 is 1.84 bits per heavy atom. The molecule has 2 rings (SSSR count). The standard InChI is InChI=1S/C13H16N4.C2H6/c1-9-5-4-6-11(7-9)16-13-15-8-10(2)12(14-3)17-13;1-2/h4-8H,1-3H3,(H2,14,15,16,17);1-2H3. The van der Waals surface area contributed by atoms with E-state index in [2.05, 4.69) is 39.7 Å². The van der Waals surface area contributed by atoms with Crippen LogP contribution in [-0.4, -0.2) is 17.0 Å². The Bertz CT molecular complexity index is 523. The summed E-state index contributed by atoms with van der Waals surface area (Å²) in [5.74, 6) is 1.45. The van der Waals surface area contributed by atoms with Gasteiger partial charge in [-0.05, 0) is 31.5 Å². The van der Waals surface area contributed by atoms with Crippen LogP contribution in [0.2, 0.25) is 0 Å². The third-order valence-electron chi connectivity index (χ3n) is 2.48. The molecule has 4 nitrogen and oxygen atoms in total. The van der Waals surface area contributed by atoms with Crippen LogP contribution in [0.3, 0.4) is 0 Å². The highest BCUT2D eigenvalue weighted by atomic mass is 15.1. The summed E-state index contributed by atoms with van der Waals surface area (Å²) >= 11 is 0. The van der Waals surface area contributed by atoms with Gasteiger partial charge in [-0.15, -0.1) is 0 Å². The van der Waals surface area contributed by atoms with E-state index >= 15 is 0 Å². The summed E-state index contributed by atoms with van der Waals surface area (Å²) < 4.78 is 0. The Labute approximate surface area is 115 Å². The van der Waals surface area contributed by atoms with Crippen LogP contribution in [0.15, 0.2) is 30.5 Å². The van der Waals surface area contributed by atoms with Crippen molar-refractivity contribution in [1.29, 1.82) is 0 Å². The summed E-state index contributed by atoms with van der Waals surface area (Å²) in [5, 5.41) is 6.23. The lowest BCUT2D eigenvalue weighted by Gasteiger charge is -2.08. The summed E-state index contributed by atoms with van der Waals surface area (Å²) in [6.07, 6.45) is 1.80. The highest BCUT2D eigenvalue weighted by Gasteiger charge is 2.02. The summed E-state index contributed by atoms with van der Waals surface area (Å²) in [6.45, 7) is 8.03. The molecule has 0 bridgehead atoms. The van der Waals surface area contributed by atoms with Gasteiger partial charge in [0.15, 0.2) is 0 Å². The van der Waals surface area contributed by atoms with E-state index in [0.717, 1.165) is 17.1 Å². The van der Waals surface area contributed by atoms with Crippen molar-refractivity contribution in [3.05, 3.63) is 41.6 Å². The van der Waals surface area contributed by atoms with Gasteiger partial charge < -0.3 is 10.6 Å². The smallest absolute Gasteiger partial charge is 0.229 e. The highest BCUT2D eigenvalue weighted by Crippen LogP contribution is 2.17. The molecular formula is C15H22N4. The van der Waals surface area contributed by atoms with Crippen molar-refractivity contribution in [2.24, 2.45) is 0 Å². The molecule has 0 aliphatic heterocycles. The van der Waals surface area contributed by atoms with Crippen molar-refractivity contribution in [1.82, 2.24) is 9.97 Å². The van der Waals surface area contributed by atoms with Gasteiger partial charge >= 0.3 is 0 Å². The average Bonchev–Trinajstić information content (AvgIpc) is 2.43.